The molecule has 0 aliphatic heterocycles. The third-order valence-corrected chi connectivity index (χ3v) is 5.19. The Morgan fingerprint density at radius 1 is 1.24 bits per heavy atom. The minimum Gasteiger partial charge on any atom is -0.490 e. The number of carbonyl (C=O) groups is 1. The molecule has 25 heavy (non-hydrogen) atoms. The van der Waals surface area contributed by atoms with Crippen LogP contribution in [0, 0.1) is 18.3 Å². The van der Waals surface area contributed by atoms with Crippen molar-refractivity contribution in [1.29, 1.82) is 5.26 Å². The van der Waals surface area contributed by atoms with Crippen LogP contribution in [0.25, 0.3) is 10.6 Å². The van der Waals surface area contributed by atoms with Crippen LogP contribution in [0.3, 0.4) is 0 Å². The number of nitrogens with zero attached hydrogens (tertiary/aromatic N) is 2. The average molecular weight is 370 g/mol. The molecule has 0 spiro atoms. The van der Waals surface area contributed by atoms with Gasteiger partial charge < -0.3 is 9.47 Å². The van der Waals surface area contributed by atoms with E-state index in [1.165, 1.54) is 11.3 Å². The molecule has 0 unspecified atom stereocenters. The standard InChI is InChI=1S/C18H14N2O3S2/c1-12-16(25-17(20-12)14-6-9-24-11-14)18(21)23-8-7-22-15-4-2-13(10-19)3-5-15/h2-6,9,11H,7-8H2,1H3. The Kier molecular flexibility index (Phi) is 5.43. The topological polar surface area (TPSA) is 72.2 Å². The van der Waals surface area contributed by atoms with Gasteiger partial charge >= 0.3 is 5.97 Å². The molecule has 126 valence electrons. The van der Waals surface area contributed by atoms with E-state index in [1.54, 1.807) is 42.5 Å². The number of nitriles is 1. The molecule has 0 N–H and O–H groups in total. The second-order valence-corrected chi connectivity index (χ2v) is 6.85. The number of hydrogen-bond acceptors (Lipinski definition) is 7. The fourth-order valence-corrected chi connectivity index (χ4v) is 3.75. The number of thiazole rings is 1. The van der Waals surface area contributed by atoms with Gasteiger partial charge in [-0.3, -0.25) is 0 Å². The van der Waals surface area contributed by atoms with Crippen molar-refractivity contribution in [3.05, 3.63) is 57.2 Å². The predicted octanol–water partition coefficient (Wildman–Crippen LogP) is 4.29. The van der Waals surface area contributed by atoms with Crippen LogP contribution in [0.1, 0.15) is 20.9 Å². The summed E-state index contributed by atoms with van der Waals surface area (Å²) in [5.74, 6) is 0.240. The molecule has 2 heterocycles. The van der Waals surface area contributed by atoms with Crippen molar-refractivity contribution in [1.82, 2.24) is 4.98 Å². The first-order chi connectivity index (χ1) is 12.2. The van der Waals surface area contributed by atoms with Gasteiger partial charge in [-0.2, -0.15) is 16.6 Å². The molecule has 2 aromatic heterocycles. The lowest BCUT2D eigenvalue weighted by molar-refractivity contribution is 0.0455. The fourth-order valence-electron chi connectivity index (χ4n) is 2.08. The Hall–Kier alpha value is -2.69. The molecule has 3 rings (SSSR count). The summed E-state index contributed by atoms with van der Waals surface area (Å²) in [7, 11) is 0. The first kappa shape index (κ1) is 17.1. The lowest BCUT2D eigenvalue weighted by atomic mass is 10.2. The van der Waals surface area contributed by atoms with Crippen LogP contribution in [0.2, 0.25) is 0 Å². The van der Waals surface area contributed by atoms with Crippen LogP contribution in [0.4, 0.5) is 0 Å². The van der Waals surface area contributed by atoms with Crippen molar-refractivity contribution in [3.8, 4) is 22.4 Å². The molecular formula is C18H14N2O3S2. The zero-order valence-corrected chi connectivity index (χ0v) is 15.0. The number of aromatic nitrogens is 1. The van der Waals surface area contributed by atoms with E-state index in [0.717, 1.165) is 10.6 Å². The molecule has 1 aromatic carbocycles. The molecule has 0 saturated heterocycles. The van der Waals surface area contributed by atoms with E-state index in [-0.39, 0.29) is 19.2 Å². The summed E-state index contributed by atoms with van der Waals surface area (Å²) in [5.41, 5.74) is 2.26. The van der Waals surface area contributed by atoms with E-state index < -0.39 is 0 Å². The van der Waals surface area contributed by atoms with Gasteiger partial charge in [0.15, 0.2) is 0 Å². The Morgan fingerprint density at radius 2 is 2.04 bits per heavy atom. The number of benzene rings is 1. The van der Waals surface area contributed by atoms with E-state index in [9.17, 15) is 4.79 Å². The quantitative estimate of drug-likeness (QED) is 0.478. The maximum absolute atomic E-state index is 12.2. The van der Waals surface area contributed by atoms with E-state index >= 15 is 0 Å². The maximum atomic E-state index is 12.2. The molecule has 0 radical (unpaired) electrons. The minimum absolute atomic E-state index is 0.143. The SMILES string of the molecule is Cc1nc(-c2ccsc2)sc1C(=O)OCCOc1ccc(C#N)cc1. The van der Waals surface area contributed by atoms with Crippen molar-refractivity contribution < 1.29 is 14.3 Å². The van der Waals surface area contributed by atoms with Gasteiger partial charge in [-0.15, -0.1) is 11.3 Å². The lowest BCUT2D eigenvalue weighted by Crippen LogP contribution is -2.12. The summed E-state index contributed by atoms with van der Waals surface area (Å²) >= 11 is 2.92. The number of thiophene rings is 1. The molecular weight excluding hydrogens is 356 g/mol. The first-order valence-corrected chi connectivity index (χ1v) is 9.23. The van der Waals surface area contributed by atoms with Gasteiger partial charge in [-0.1, -0.05) is 0 Å². The monoisotopic (exact) mass is 370 g/mol. The van der Waals surface area contributed by atoms with Crippen LogP contribution in [0.15, 0.2) is 41.1 Å². The summed E-state index contributed by atoms with van der Waals surface area (Å²) in [6.45, 7) is 2.19. The summed E-state index contributed by atoms with van der Waals surface area (Å²) < 4.78 is 10.8. The van der Waals surface area contributed by atoms with Crippen LogP contribution >= 0.6 is 22.7 Å². The van der Waals surface area contributed by atoms with Gasteiger partial charge in [0, 0.05) is 10.9 Å². The van der Waals surface area contributed by atoms with Crippen molar-refractivity contribution in [3.63, 3.8) is 0 Å². The van der Waals surface area contributed by atoms with Crippen LogP contribution in [0.5, 0.6) is 5.75 Å². The van der Waals surface area contributed by atoms with E-state index in [2.05, 4.69) is 4.98 Å². The number of carbonyl (C=O) groups excluding carboxylic acids is 1. The maximum Gasteiger partial charge on any atom is 0.350 e. The summed E-state index contributed by atoms with van der Waals surface area (Å²) in [6, 6.07) is 10.8. The second kappa shape index (κ2) is 7.92. The highest BCUT2D eigenvalue weighted by molar-refractivity contribution is 7.17. The summed E-state index contributed by atoms with van der Waals surface area (Å²) in [4.78, 5) is 17.1. The van der Waals surface area contributed by atoms with E-state index in [0.29, 0.717) is 21.9 Å². The van der Waals surface area contributed by atoms with Crippen LogP contribution in [-0.4, -0.2) is 24.2 Å². The van der Waals surface area contributed by atoms with Gasteiger partial charge in [-0.25, -0.2) is 9.78 Å². The predicted molar refractivity (Wildman–Crippen MR) is 97.1 cm³/mol. The Labute approximate surface area is 153 Å². The van der Waals surface area contributed by atoms with Crippen molar-refractivity contribution in [2.75, 3.05) is 13.2 Å². The largest absolute Gasteiger partial charge is 0.490 e. The second-order valence-electron chi connectivity index (χ2n) is 5.07. The summed E-state index contributed by atoms with van der Waals surface area (Å²) in [6.07, 6.45) is 0. The molecule has 7 heteroatoms. The van der Waals surface area contributed by atoms with Gasteiger partial charge in [-0.05, 0) is 42.6 Å². The van der Waals surface area contributed by atoms with E-state index in [4.69, 9.17) is 14.7 Å². The van der Waals surface area contributed by atoms with E-state index in [1.807, 2.05) is 22.9 Å². The Bertz CT molecular complexity index is 894. The third kappa shape index (κ3) is 4.24. The van der Waals surface area contributed by atoms with Gasteiger partial charge in [0.05, 0.1) is 17.3 Å². The highest BCUT2D eigenvalue weighted by Gasteiger charge is 2.17. The van der Waals surface area contributed by atoms with Crippen LogP contribution in [-0.2, 0) is 4.74 Å². The molecule has 0 bridgehead atoms. The highest BCUT2D eigenvalue weighted by atomic mass is 32.1. The molecule has 3 aromatic rings. The number of aryl methyl sites for hydroxylation is 1. The molecule has 0 fully saturated rings. The molecule has 0 aliphatic carbocycles. The van der Waals surface area contributed by atoms with Gasteiger partial charge in [0.2, 0.25) is 0 Å². The highest BCUT2D eigenvalue weighted by Crippen LogP contribution is 2.29. The van der Waals surface area contributed by atoms with Crippen molar-refractivity contribution >= 4 is 28.6 Å². The Morgan fingerprint density at radius 3 is 2.72 bits per heavy atom. The average Bonchev–Trinajstić information content (AvgIpc) is 3.28. The smallest absolute Gasteiger partial charge is 0.350 e. The molecule has 5 nitrogen and oxygen atoms in total. The molecule has 0 atom stereocenters. The minimum atomic E-state index is -0.389. The van der Waals surface area contributed by atoms with Gasteiger partial charge in [0.25, 0.3) is 0 Å². The first-order valence-electron chi connectivity index (χ1n) is 7.47. The van der Waals surface area contributed by atoms with Gasteiger partial charge in [0.1, 0.15) is 28.8 Å². The number of ether oxygens (including phenoxy) is 2. The number of rotatable bonds is 6. The summed E-state index contributed by atoms with van der Waals surface area (Å²) in [5, 5.41) is 13.5. The molecule has 0 saturated carbocycles. The number of esters is 1. The van der Waals surface area contributed by atoms with Crippen molar-refractivity contribution in [2.24, 2.45) is 0 Å². The normalized spacial score (nSPS) is 10.2. The zero-order chi connectivity index (χ0) is 17.6. The van der Waals surface area contributed by atoms with Crippen LogP contribution < -0.4 is 4.74 Å². The fraction of sp³-hybridized carbons (Fsp3) is 0.167. The third-order valence-electron chi connectivity index (χ3n) is 3.32. The molecule has 0 amide bonds. The zero-order valence-electron chi connectivity index (χ0n) is 13.4. The number of hydrogen-bond donors (Lipinski definition) is 0. The van der Waals surface area contributed by atoms with Crippen molar-refractivity contribution in [2.45, 2.75) is 6.92 Å². The Balaban J connectivity index is 1.52. The molecule has 0 aliphatic rings. The lowest BCUT2D eigenvalue weighted by Gasteiger charge is -2.06.